The van der Waals surface area contributed by atoms with Gasteiger partial charge in [0.05, 0.1) is 23.3 Å². The minimum atomic E-state index is -4.03. The monoisotopic (exact) mass is 474 g/mol. The van der Waals surface area contributed by atoms with Gasteiger partial charge in [0.1, 0.15) is 0 Å². The number of sulfone groups is 1. The van der Waals surface area contributed by atoms with Crippen molar-refractivity contribution in [3.63, 3.8) is 0 Å². The molecular weight excluding hydrogens is 452 g/mol. The van der Waals surface area contributed by atoms with Crippen molar-refractivity contribution in [2.45, 2.75) is 24.7 Å². The number of ether oxygens (including phenoxy) is 1. The van der Waals surface area contributed by atoms with E-state index in [1.54, 1.807) is 40.1 Å². The van der Waals surface area contributed by atoms with Crippen LogP contribution in [0.25, 0.3) is 0 Å². The second kappa shape index (κ2) is 8.60. The number of carbonyl (C=O) groups is 2. The smallest absolute Gasteiger partial charge is 0.337 e. The molecule has 0 aromatic heterocycles. The van der Waals surface area contributed by atoms with Crippen molar-refractivity contribution < 1.29 is 22.7 Å². The number of likely N-dealkylation sites (tertiary alicyclic amines) is 1. The second-order valence-electron chi connectivity index (χ2n) is 7.99. The Balaban J connectivity index is 1.80. The maximum atomic E-state index is 13.4. The molecule has 32 heavy (non-hydrogen) atoms. The third kappa shape index (κ3) is 4.00. The molecule has 1 amide bonds. The summed E-state index contributed by atoms with van der Waals surface area (Å²) in [6, 6.07) is 10.9. The zero-order valence-electron chi connectivity index (χ0n) is 17.7. The molecule has 9 heteroatoms. The summed E-state index contributed by atoms with van der Waals surface area (Å²) in [6.07, 6.45) is 3.02. The first-order valence-electron chi connectivity index (χ1n) is 10.3. The number of rotatable bonds is 3. The van der Waals surface area contributed by atoms with Gasteiger partial charge in [0.2, 0.25) is 9.84 Å². The Kier molecular flexibility index (Phi) is 6.01. The zero-order valence-corrected chi connectivity index (χ0v) is 19.3. The van der Waals surface area contributed by atoms with Crippen LogP contribution in [0.15, 0.2) is 58.5 Å². The predicted molar refractivity (Wildman–Crippen MR) is 122 cm³/mol. The molecule has 2 aromatic carbocycles. The molecular formula is C23H23ClN2O5S. The molecule has 2 aliphatic rings. The molecule has 0 atom stereocenters. The Morgan fingerprint density at radius 3 is 2.34 bits per heavy atom. The lowest BCUT2D eigenvalue weighted by Crippen LogP contribution is -2.41. The van der Waals surface area contributed by atoms with Crippen molar-refractivity contribution in [2.24, 2.45) is 5.92 Å². The number of anilines is 2. The second-order valence-corrected chi connectivity index (χ2v) is 10.3. The van der Waals surface area contributed by atoms with Crippen LogP contribution in [0.1, 0.15) is 30.1 Å². The lowest BCUT2D eigenvalue weighted by Gasteiger charge is -2.33. The van der Waals surface area contributed by atoms with E-state index in [9.17, 15) is 18.0 Å². The van der Waals surface area contributed by atoms with Gasteiger partial charge in [-0.3, -0.25) is 4.79 Å². The van der Waals surface area contributed by atoms with Gasteiger partial charge in [0, 0.05) is 30.0 Å². The molecule has 0 spiro atoms. The van der Waals surface area contributed by atoms with Gasteiger partial charge in [-0.05, 0) is 61.2 Å². The van der Waals surface area contributed by atoms with Gasteiger partial charge < -0.3 is 14.5 Å². The minimum Gasteiger partial charge on any atom is -0.465 e. The fourth-order valence-electron chi connectivity index (χ4n) is 3.91. The van der Waals surface area contributed by atoms with Crippen LogP contribution in [-0.4, -0.2) is 45.4 Å². The lowest BCUT2D eigenvalue weighted by molar-refractivity contribution is -0.127. The molecule has 0 bridgehead atoms. The van der Waals surface area contributed by atoms with E-state index < -0.39 is 21.7 Å². The van der Waals surface area contributed by atoms with Crippen molar-refractivity contribution in [3.05, 3.63) is 64.2 Å². The molecule has 1 fully saturated rings. The number of hydrogen-bond acceptors (Lipinski definition) is 6. The Labute approximate surface area is 192 Å². The number of esters is 1. The summed E-state index contributed by atoms with van der Waals surface area (Å²) in [7, 11) is -2.74. The van der Waals surface area contributed by atoms with E-state index in [1.165, 1.54) is 25.4 Å². The van der Waals surface area contributed by atoms with Crippen LogP contribution in [0.4, 0.5) is 11.4 Å². The summed E-state index contributed by atoms with van der Waals surface area (Å²) in [5, 5.41) is 0.364. The Hall–Kier alpha value is -2.84. The number of methoxy groups -OCH3 is 1. The van der Waals surface area contributed by atoms with Crippen molar-refractivity contribution in [3.8, 4) is 0 Å². The molecule has 4 rings (SSSR count). The molecule has 7 nitrogen and oxygen atoms in total. The number of fused-ring (bicyclic) bond motifs is 1. The average molecular weight is 475 g/mol. The van der Waals surface area contributed by atoms with Gasteiger partial charge in [0.15, 0.2) is 4.91 Å². The fraction of sp³-hybridized carbons (Fsp3) is 0.304. The number of halogens is 1. The summed E-state index contributed by atoms with van der Waals surface area (Å²) in [5.41, 5.74) is 1.27. The summed E-state index contributed by atoms with van der Waals surface area (Å²) in [4.78, 5) is 28.0. The number of nitrogens with zero attached hydrogens (tertiary/aromatic N) is 2. The van der Waals surface area contributed by atoms with Crippen molar-refractivity contribution >= 4 is 44.7 Å². The van der Waals surface area contributed by atoms with E-state index in [0.29, 0.717) is 41.0 Å². The standard InChI is InChI=1S/C23H23ClN2O5S/c1-15-9-11-25(12-10-15)22(27)21-14-26(18-6-3-16(4-7-18)23(28)31-2)19-13-17(24)5-8-20(19)32(21,29)30/h3-8,13-15H,9-12H2,1-2H3. The number of amides is 1. The number of piperidine rings is 1. The van der Waals surface area contributed by atoms with Crippen LogP contribution in [0.5, 0.6) is 0 Å². The zero-order chi connectivity index (χ0) is 23.0. The average Bonchev–Trinajstić information content (AvgIpc) is 2.78. The van der Waals surface area contributed by atoms with Crippen molar-refractivity contribution in [1.29, 1.82) is 0 Å². The molecule has 0 aliphatic carbocycles. The van der Waals surface area contributed by atoms with E-state index >= 15 is 0 Å². The Morgan fingerprint density at radius 2 is 1.72 bits per heavy atom. The maximum absolute atomic E-state index is 13.4. The normalized spacial score (nSPS) is 18.0. The first kappa shape index (κ1) is 22.4. The number of hydrogen-bond donors (Lipinski definition) is 0. The van der Waals surface area contributed by atoms with Crippen LogP contribution in [0, 0.1) is 5.92 Å². The summed E-state index contributed by atoms with van der Waals surface area (Å²) in [5.74, 6) is -0.482. The fourth-order valence-corrected chi connectivity index (χ4v) is 5.59. The van der Waals surface area contributed by atoms with Gasteiger partial charge >= 0.3 is 5.97 Å². The molecule has 0 saturated carbocycles. The van der Waals surface area contributed by atoms with Gasteiger partial charge in [0.25, 0.3) is 5.91 Å². The molecule has 0 unspecified atom stereocenters. The highest BCUT2D eigenvalue weighted by Crippen LogP contribution is 2.41. The van der Waals surface area contributed by atoms with Crippen LogP contribution in [-0.2, 0) is 19.4 Å². The molecule has 0 radical (unpaired) electrons. The van der Waals surface area contributed by atoms with E-state index in [2.05, 4.69) is 6.92 Å². The molecule has 0 N–H and O–H groups in total. The first-order chi connectivity index (χ1) is 15.2. The largest absolute Gasteiger partial charge is 0.465 e. The summed E-state index contributed by atoms with van der Waals surface area (Å²) < 4.78 is 31.5. The Morgan fingerprint density at radius 1 is 1.06 bits per heavy atom. The van der Waals surface area contributed by atoms with Crippen LogP contribution in [0.2, 0.25) is 5.02 Å². The van der Waals surface area contributed by atoms with Crippen LogP contribution < -0.4 is 4.90 Å². The van der Waals surface area contributed by atoms with Crippen molar-refractivity contribution in [2.75, 3.05) is 25.1 Å². The van der Waals surface area contributed by atoms with Crippen LogP contribution >= 0.6 is 11.6 Å². The predicted octanol–water partition coefficient (Wildman–Crippen LogP) is 4.15. The summed E-state index contributed by atoms with van der Waals surface area (Å²) in [6.45, 7) is 3.17. The number of carbonyl (C=O) groups excluding carboxylic acids is 2. The maximum Gasteiger partial charge on any atom is 0.337 e. The van der Waals surface area contributed by atoms with E-state index in [0.717, 1.165) is 12.8 Å². The topological polar surface area (TPSA) is 84.0 Å². The molecule has 1 saturated heterocycles. The first-order valence-corrected chi connectivity index (χ1v) is 12.1. The molecule has 2 aromatic rings. The summed E-state index contributed by atoms with van der Waals surface area (Å²) >= 11 is 6.16. The van der Waals surface area contributed by atoms with Crippen molar-refractivity contribution in [1.82, 2.24) is 4.90 Å². The van der Waals surface area contributed by atoms with Crippen LogP contribution in [0.3, 0.4) is 0 Å². The number of benzene rings is 2. The van der Waals surface area contributed by atoms with Gasteiger partial charge in [-0.2, -0.15) is 0 Å². The highest BCUT2D eigenvalue weighted by atomic mass is 35.5. The third-order valence-corrected chi connectivity index (χ3v) is 7.87. The van der Waals surface area contributed by atoms with Gasteiger partial charge in [-0.25, -0.2) is 13.2 Å². The minimum absolute atomic E-state index is 0.00942. The van der Waals surface area contributed by atoms with E-state index in [-0.39, 0.29) is 9.80 Å². The SMILES string of the molecule is COC(=O)c1ccc(N2C=C(C(=O)N3CCC(C)CC3)S(=O)(=O)c3ccc(Cl)cc32)cc1. The molecule has 2 aliphatic heterocycles. The lowest BCUT2D eigenvalue weighted by atomic mass is 9.99. The molecule has 168 valence electrons. The van der Waals surface area contributed by atoms with Gasteiger partial charge in [-0.1, -0.05) is 18.5 Å². The quantitative estimate of drug-likeness (QED) is 0.621. The Bertz CT molecular complexity index is 1200. The van der Waals surface area contributed by atoms with E-state index in [4.69, 9.17) is 16.3 Å². The van der Waals surface area contributed by atoms with E-state index in [1.807, 2.05) is 0 Å². The molecule has 2 heterocycles. The third-order valence-electron chi connectivity index (χ3n) is 5.85. The van der Waals surface area contributed by atoms with Gasteiger partial charge in [-0.15, -0.1) is 0 Å². The highest BCUT2D eigenvalue weighted by molar-refractivity contribution is 7.96. The highest BCUT2D eigenvalue weighted by Gasteiger charge is 2.38.